The molecule has 6 amide bonds. The normalized spacial score (nSPS) is 22.6. The Bertz CT molecular complexity index is 2380. The van der Waals surface area contributed by atoms with Gasteiger partial charge in [0, 0.05) is 46.1 Å². The number of carbonyl (C=O) groups excluding carboxylic acids is 6. The molecule has 80 heavy (non-hydrogen) atoms. The van der Waals surface area contributed by atoms with Crippen molar-refractivity contribution in [3.8, 4) is 5.75 Å². The summed E-state index contributed by atoms with van der Waals surface area (Å²) >= 11 is 0. The van der Waals surface area contributed by atoms with Gasteiger partial charge < -0.3 is 75.0 Å². The molecule has 2 saturated heterocycles. The first-order valence-corrected chi connectivity index (χ1v) is 26.9. The number of aliphatic hydroxyl groups excluding tert-OH is 4. The summed E-state index contributed by atoms with van der Waals surface area (Å²) in [6.45, 7) is 13.5. The van der Waals surface area contributed by atoms with E-state index < -0.39 is 140 Å². The van der Waals surface area contributed by atoms with Crippen molar-refractivity contribution in [2.45, 2.75) is 167 Å². The van der Waals surface area contributed by atoms with Crippen LogP contribution in [0.25, 0.3) is 0 Å². The minimum absolute atomic E-state index is 0.0214. The number of amides is 6. The predicted molar refractivity (Wildman–Crippen MR) is 289 cm³/mol. The molecule has 2 aliphatic rings. The number of carbonyl (C=O) groups is 7. The fraction of sp³-hybridized carbons (Fsp3) is 0.655. The number of aliphatic hydroxyl groups is 4. The maximum absolute atomic E-state index is 14.8. The number of nitrogens with zero attached hydrogens (tertiary/aromatic N) is 3. The van der Waals surface area contributed by atoms with E-state index in [0.717, 1.165) is 4.90 Å². The van der Waals surface area contributed by atoms with Crippen LogP contribution in [-0.4, -0.2) is 196 Å². The van der Waals surface area contributed by atoms with Crippen molar-refractivity contribution in [2.24, 2.45) is 29.6 Å². The minimum Gasteiger partial charge on any atom is -0.479 e. The van der Waals surface area contributed by atoms with Crippen LogP contribution in [-0.2, 0) is 59.2 Å². The summed E-state index contributed by atoms with van der Waals surface area (Å²) in [4.78, 5) is 104. The van der Waals surface area contributed by atoms with Gasteiger partial charge in [0.1, 0.15) is 49.4 Å². The van der Waals surface area contributed by atoms with Crippen LogP contribution in [0.3, 0.4) is 0 Å². The lowest BCUT2D eigenvalue weighted by atomic mass is 9.89. The van der Waals surface area contributed by atoms with E-state index in [9.17, 15) is 59.1 Å². The van der Waals surface area contributed by atoms with Crippen molar-refractivity contribution in [1.29, 1.82) is 0 Å². The van der Waals surface area contributed by atoms with Gasteiger partial charge in [-0.15, -0.1) is 0 Å². The number of hydrogen-bond acceptors (Lipinski definition) is 18. The molecule has 2 aliphatic heterocycles. The molecule has 0 bridgehead atoms. The van der Waals surface area contributed by atoms with E-state index in [1.165, 1.54) is 44.4 Å². The van der Waals surface area contributed by atoms with Gasteiger partial charge in [-0.25, -0.2) is 15.5 Å². The van der Waals surface area contributed by atoms with Crippen molar-refractivity contribution in [3.05, 3.63) is 59.7 Å². The van der Waals surface area contributed by atoms with Crippen molar-refractivity contribution < 1.29 is 87.6 Å². The van der Waals surface area contributed by atoms with Crippen LogP contribution in [0, 0.1) is 23.7 Å². The number of likely N-dealkylation sites (tertiary alicyclic amines) is 1. The number of carboxylic acids is 1. The Morgan fingerprint density at radius 1 is 0.850 bits per heavy atom. The van der Waals surface area contributed by atoms with Crippen LogP contribution in [0.1, 0.15) is 98.3 Å². The van der Waals surface area contributed by atoms with Crippen molar-refractivity contribution in [2.75, 3.05) is 46.8 Å². The minimum atomic E-state index is -2.00. The smallest absolute Gasteiger partial charge is 0.410 e. The summed E-state index contributed by atoms with van der Waals surface area (Å²) in [5.74, 6) is -1.16. The Morgan fingerprint density at radius 2 is 1.51 bits per heavy atom. The highest BCUT2D eigenvalue weighted by molar-refractivity contribution is 5.93. The first-order valence-electron chi connectivity index (χ1n) is 26.9. The van der Waals surface area contributed by atoms with E-state index in [1.54, 1.807) is 77.8 Å². The van der Waals surface area contributed by atoms with E-state index in [4.69, 9.17) is 29.6 Å². The fourth-order valence-corrected chi connectivity index (χ4v) is 10.4. The molecule has 0 aliphatic carbocycles. The number of methoxy groups -OCH3 is 2. The molecule has 2 fully saturated rings. The molecule has 4 rings (SSSR count). The van der Waals surface area contributed by atoms with Gasteiger partial charge in [-0.1, -0.05) is 85.2 Å². The van der Waals surface area contributed by atoms with Gasteiger partial charge in [0.25, 0.3) is 5.91 Å². The summed E-state index contributed by atoms with van der Waals surface area (Å²) in [5.41, 5.74) is 0.810. The summed E-state index contributed by atoms with van der Waals surface area (Å²) in [5, 5.41) is 60.0. The van der Waals surface area contributed by atoms with Gasteiger partial charge in [0.2, 0.25) is 29.9 Å². The number of hydrogen-bond donors (Lipinski definition) is 9. The van der Waals surface area contributed by atoms with Crippen LogP contribution in [0.15, 0.2) is 48.5 Å². The Hall–Kier alpha value is -6.03. The monoisotopic (exact) mass is 1130 g/mol. The summed E-state index contributed by atoms with van der Waals surface area (Å²) in [7, 11) is 5.89. The maximum atomic E-state index is 14.8. The molecule has 0 radical (unpaired) electrons. The lowest BCUT2D eigenvalue weighted by Gasteiger charge is -2.41. The van der Waals surface area contributed by atoms with Gasteiger partial charge in [0.05, 0.1) is 48.8 Å². The second kappa shape index (κ2) is 30.7. The topological polar surface area (TPSA) is 348 Å². The first kappa shape index (κ1) is 66.5. The number of ether oxygens (including phenoxy) is 5. The third kappa shape index (κ3) is 16.8. The van der Waals surface area contributed by atoms with Gasteiger partial charge in [0.15, 0.2) is 6.10 Å². The Labute approximate surface area is 467 Å². The Morgan fingerprint density at radius 3 is 2.09 bits per heavy atom. The molecular formula is C55H85N7O18. The quantitative estimate of drug-likeness (QED) is 0.0547. The summed E-state index contributed by atoms with van der Waals surface area (Å²) in [6, 6.07) is 8.84. The first-order chi connectivity index (χ1) is 37.7. The molecule has 10 N–H and O–H groups in total. The highest BCUT2D eigenvalue weighted by atomic mass is 16.7. The number of likely N-dealkylation sites (N-methyl/N-ethyl adjacent to an activating group) is 2. The molecule has 2 aromatic rings. The zero-order valence-electron chi connectivity index (χ0n) is 47.8. The molecule has 0 saturated carbocycles. The third-order valence-electron chi connectivity index (χ3n) is 15.0. The number of rotatable bonds is 28. The lowest BCUT2D eigenvalue weighted by Crippen LogP contribution is -2.61. The van der Waals surface area contributed by atoms with Crippen LogP contribution in [0.2, 0.25) is 0 Å². The highest BCUT2D eigenvalue weighted by Gasteiger charge is 2.49. The van der Waals surface area contributed by atoms with Crippen LogP contribution in [0.5, 0.6) is 5.75 Å². The van der Waals surface area contributed by atoms with E-state index >= 15 is 0 Å². The SMILES string of the molecule is CC[C@H](C)[C@@H]([C@@H](CC(=O)N1CCC[C@H]1[C@H](OC)[C@@H](C)C(=O)N[C@H](C)[C@@H](O)c1ccccc1)OC)N(C)C(=O)[C@@H](NC(=O)[C@H](C(C)C)N(C)C(=O)OCc1cc(NC(=O)CON)ccc1OC1OC(C(=O)O)C(O)C(O)C1O)C(C)C. The number of nitrogens with one attached hydrogen (secondary N) is 3. The van der Waals surface area contributed by atoms with Crippen molar-refractivity contribution >= 4 is 47.3 Å². The van der Waals surface area contributed by atoms with Gasteiger partial charge in [-0.05, 0) is 61.3 Å². The van der Waals surface area contributed by atoms with E-state index in [2.05, 4.69) is 20.8 Å². The number of benzene rings is 2. The third-order valence-corrected chi connectivity index (χ3v) is 15.0. The average Bonchev–Trinajstić information content (AvgIpc) is 3.91. The van der Waals surface area contributed by atoms with E-state index in [1.807, 2.05) is 19.9 Å². The Balaban J connectivity index is 1.50. The molecule has 25 heteroatoms. The number of aliphatic carboxylic acids is 1. The predicted octanol–water partition coefficient (Wildman–Crippen LogP) is 1.68. The molecule has 2 aromatic carbocycles. The van der Waals surface area contributed by atoms with E-state index in [-0.39, 0.29) is 41.2 Å². The second-order valence-electron chi connectivity index (χ2n) is 21.4. The second-order valence-corrected chi connectivity index (χ2v) is 21.4. The van der Waals surface area contributed by atoms with Gasteiger partial charge >= 0.3 is 12.1 Å². The molecule has 0 spiro atoms. The summed E-state index contributed by atoms with van der Waals surface area (Å²) < 4.78 is 28.7. The highest BCUT2D eigenvalue weighted by Crippen LogP contribution is 2.32. The largest absolute Gasteiger partial charge is 0.479 e. The number of anilines is 1. The Kier molecular flexibility index (Phi) is 25.5. The van der Waals surface area contributed by atoms with Crippen LogP contribution < -0.4 is 26.6 Å². The maximum Gasteiger partial charge on any atom is 0.410 e. The van der Waals surface area contributed by atoms with Crippen molar-refractivity contribution in [1.82, 2.24) is 25.3 Å². The average molecular weight is 1130 g/mol. The van der Waals surface area contributed by atoms with Gasteiger partial charge in [-0.3, -0.25) is 33.7 Å². The summed E-state index contributed by atoms with van der Waals surface area (Å²) in [6.07, 6.45) is -11.6. The molecule has 25 nitrogen and oxygen atoms in total. The molecule has 0 aromatic heterocycles. The molecule has 2 heterocycles. The van der Waals surface area contributed by atoms with Gasteiger partial charge in [-0.2, -0.15) is 0 Å². The molecule has 15 atom stereocenters. The lowest BCUT2D eigenvalue weighted by molar-refractivity contribution is -0.271. The molecule has 5 unspecified atom stereocenters. The van der Waals surface area contributed by atoms with E-state index in [0.29, 0.717) is 31.4 Å². The number of nitrogens with two attached hydrogens (primary N) is 1. The van der Waals surface area contributed by atoms with Crippen molar-refractivity contribution in [3.63, 3.8) is 0 Å². The standard InChI is InChI=1S/C55H85N7O18/c1-13-30(6)43(38(75-11)25-40(64)62-23-17-20-36(62)48(76-12)31(7)50(69)57-32(8)44(65)33-18-15-14-16-19-33)60(9)52(71)41(28(2)3)59-51(70)42(29(4)5)61(10)55(74)77-26-34-24-35(58-39(63)27-78-56)21-22-37(34)79-54-47(68)45(66)46(67)49(80-54)53(72)73/h14-16,18-19,21-22,24,28-32,36,38,41-49,54,65-68H,13,17,20,23,25-27,56H2,1-12H3,(H,57,69)(H,58,63)(H,59,70)(H,72,73)/t30-,31+,32+,36-,38+,41-,42-,43-,44+,45?,46?,47?,48+,49?,54?/m0/s1. The molecular weight excluding hydrogens is 1050 g/mol. The molecule has 448 valence electrons. The zero-order chi connectivity index (χ0) is 59.9. The fourth-order valence-electron chi connectivity index (χ4n) is 10.4. The van der Waals surface area contributed by atoms with Crippen LogP contribution in [0.4, 0.5) is 10.5 Å². The zero-order valence-corrected chi connectivity index (χ0v) is 47.8. The van der Waals surface area contributed by atoms with Crippen LogP contribution >= 0.6 is 0 Å². The number of carboxylic acid groups (broad SMARTS) is 1.